The van der Waals surface area contributed by atoms with Gasteiger partial charge in [0.1, 0.15) is 5.69 Å². The second-order valence-electron chi connectivity index (χ2n) is 5.15. The van der Waals surface area contributed by atoms with Crippen molar-refractivity contribution in [3.63, 3.8) is 0 Å². The molecule has 3 aromatic rings. The van der Waals surface area contributed by atoms with E-state index in [1.54, 1.807) is 0 Å². The minimum Gasteiger partial charge on any atom is -0.382 e. The fourth-order valence-electron chi connectivity index (χ4n) is 2.26. The van der Waals surface area contributed by atoms with E-state index < -0.39 is 11.6 Å². The highest BCUT2D eigenvalue weighted by molar-refractivity contribution is 5.71. The highest BCUT2D eigenvalue weighted by Crippen LogP contribution is 2.27. The summed E-state index contributed by atoms with van der Waals surface area (Å²) in [7, 11) is 0. The molecule has 0 bridgehead atoms. The summed E-state index contributed by atoms with van der Waals surface area (Å²) in [6.45, 7) is 3.90. The Morgan fingerprint density at radius 2 is 1.77 bits per heavy atom. The van der Waals surface area contributed by atoms with E-state index in [9.17, 15) is 8.78 Å². The summed E-state index contributed by atoms with van der Waals surface area (Å²) in [5.41, 5.74) is 9.65. The maximum absolute atomic E-state index is 13.4. The fraction of sp³-hybridized carbons (Fsp3) is 0.125. The standard InChI is InChI=1S/C16H14F2N4/c1-9-3-4-10(2)14(7-9)22-16(19)15(20-21-22)11-5-6-12(17)13(18)8-11/h3-8H,19H2,1-2H3. The van der Waals surface area contributed by atoms with Gasteiger partial charge in [-0.25, -0.2) is 8.78 Å². The minimum absolute atomic E-state index is 0.278. The molecular weight excluding hydrogens is 286 g/mol. The Hall–Kier alpha value is -2.76. The molecule has 1 aromatic heterocycles. The van der Waals surface area contributed by atoms with Gasteiger partial charge >= 0.3 is 0 Å². The third-order valence-corrected chi connectivity index (χ3v) is 3.49. The first kappa shape index (κ1) is 14.2. The number of halogens is 2. The molecule has 0 amide bonds. The predicted molar refractivity (Wildman–Crippen MR) is 80.6 cm³/mol. The van der Waals surface area contributed by atoms with Crippen molar-refractivity contribution in [1.29, 1.82) is 0 Å². The van der Waals surface area contributed by atoms with Crippen molar-refractivity contribution < 1.29 is 8.78 Å². The minimum atomic E-state index is -0.946. The van der Waals surface area contributed by atoms with Crippen molar-refractivity contribution in [2.45, 2.75) is 13.8 Å². The van der Waals surface area contributed by atoms with E-state index in [0.29, 0.717) is 11.3 Å². The molecule has 0 fully saturated rings. The van der Waals surface area contributed by atoms with E-state index in [4.69, 9.17) is 5.73 Å². The smallest absolute Gasteiger partial charge is 0.159 e. The number of hydrogen-bond donors (Lipinski definition) is 1. The Morgan fingerprint density at radius 3 is 2.50 bits per heavy atom. The van der Waals surface area contributed by atoms with Crippen molar-refractivity contribution >= 4 is 5.82 Å². The normalized spacial score (nSPS) is 10.9. The summed E-state index contributed by atoms with van der Waals surface area (Å²) in [6, 6.07) is 9.41. The van der Waals surface area contributed by atoms with Gasteiger partial charge in [-0.3, -0.25) is 0 Å². The van der Waals surface area contributed by atoms with Gasteiger partial charge in [0.25, 0.3) is 0 Å². The number of anilines is 1. The second kappa shape index (κ2) is 5.22. The van der Waals surface area contributed by atoms with Crippen LogP contribution >= 0.6 is 0 Å². The van der Waals surface area contributed by atoms with Gasteiger partial charge in [0.05, 0.1) is 5.69 Å². The average Bonchev–Trinajstić information content (AvgIpc) is 2.86. The van der Waals surface area contributed by atoms with Crippen LogP contribution in [-0.2, 0) is 0 Å². The Balaban J connectivity index is 2.12. The quantitative estimate of drug-likeness (QED) is 0.789. The van der Waals surface area contributed by atoms with Gasteiger partial charge < -0.3 is 5.73 Å². The van der Waals surface area contributed by atoms with Crippen LogP contribution in [0.1, 0.15) is 11.1 Å². The second-order valence-corrected chi connectivity index (χ2v) is 5.15. The topological polar surface area (TPSA) is 56.7 Å². The van der Waals surface area contributed by atoms with Crippen LogP contribution in [-0.4, -0.2) is 15.0 Å². The van der Waals surface area contributed by atoms with Gasteiger partial charge in [0.2, 0.25) is 0 Å². The van der Waals surface area contributed by atoms with Crippen LogP contribution in [0.3, 0.4) is 0 Å². The van der Waals surface area contributed by atoms with Crippen LogP contribution in [0.2, 0.25) is 0 Å². The van der Waals surface area contributed by atoms with E-state index in [1.807, 2.05) is 32.0 Å². The molecule has 0 saturated heterocycles. The molecule has 0 saturated carbocycles. The molecule has 0 radical (unpaired) electrons. The van der Waals surface area contributed by atoms with Gasteiger partial charge in [-0.1, -0.05) is 17.3 Å². The highest BCUT2D eigenvalue weighted by atomic mass is 19.2. The summed E-state index contributed by atoms with van der Waals surface area (Å²) in [5.74, 6) is -1.58. The van der Waals surface area contributed by atoms with Crippen LogP contribution in [0.4, 0.5) is 14.6 Å². The number of aryl methyl sites for hydroxylation is 2. The van der Waals surface area contributed by atoms with E-state index >= 15 is 0 Å². The largest absolute Gasteiger partial charge is 0.382 e. The lowest BCUT2D eigenvalue weighted by Gasteiger charge is -2.08. The predicted octanol–water partition coefficient (Wildman–Crippen LogP) is 3.41. The summed E-state index contributed by atoms with van der Waals surface area (Å²) >= 11 is 0. The molecule has 0 atom stereocenters. The summed E-state index contributed by atoms with van der Waals surface area (Å²) in [5, 5.41) is 8.04. The monoisotopic (exact) mass is 300 g/mol. The lowest BCUT2D eigenvalue weighted by atomic mass is 10.1. The van der Waals surface area contributed by atoms with Crippen LogP contribution in [0, 0.1) is 25.5 Å². The molecule has 0 unspecified atom stereocenters. The molecule has 0 aliphatic carbocycles. The van der Waals surface area contributed by atoms with Crippen molar-refractivity contribution in [3.8, 4) is 16.9 Å². The van der Waals surface area contributed by atoms with Crippen LogP contribution in [0.25, 0.3) is 16.9 Å². The molecular formula is C16H14F2N4. The number of nitrogens with two attached hydrogens (primary N) is 1. The summed E-state index contributed by atoms with van der Waals surface area (Å²) in [6.07, 6.45) is 0. The van der Waals surface area contributed by atoms with E-state index in [2.05, 4.69) is 10.3 Å². The van der Waals surface area contributed by atoms with Crippen molar-refractivity contribution in [3.05, 3.63) is 59.2 Å². The van der Waals surface area contributed by atoms with Crippen LogP contribution in [0.15, 0.2) is 36.4 Å². The number of hydrogen-bond acceptors (Lipinski definition) is 3. The SMILES string of the molecule is Cc1ccc(C)c(-n2nnc(-c3ccc(F)c(F)c3)c2N)c1. The highest BCUT2D eigenvalue weighted by Gasteiger charge is 2.16. The lowest BCUT2D eigenvalue weighted by molar-refractivity contribution is 0.509. The average molecular weight is 300 g/mol. The Kier molecular flexibility index (Phi) is 3.36. The van der Waals surface area contributed by atoms with Gasteiger partial charge in [-0.05, 0) is 49.2 Å². The zero-order valence-corrected chi connectivity index (χ0v) is 12.1. The summed E-state index contributed by atoms with van der Waals surface area (Å²) in [4.78, 5) is 0. The molecule has 0 aliphatic rings. The first-order valence-corrected chi connectivity index (χ1v) is 6.71. The molecule has 2 N–H and O–H groups in total. The Morgan fingerprint density at radius 1 is 1.00 bits per heavy atom. The first-order valence-electron chi connectivity index (χ1n) is 6.71. The van der Waals surface area contributed by atoms with Crippen molar-refractivity contribution in [2.75, 3.05) is 5.73 Å². The van der Waals surface area contributed by atoms with Gasteiger partial charge in [-0.2, -0.15) is 4.68 Å². The van der Waals surface area contributed by atoms with Crippen molar-refractivity contribution in [1.82, 2.24) is 15.0 Å². The van der Waals surface area contributed by atoms with Gasteiger partial charge in [-0.15, -0.1) is 5.10 Å². The molecule has 4 nitrogen and oxygen atoms in total. The van der Waals surface area contributed by atoms with E-state index in [1.165, 1.54) is 10.7 Å². The maximum Gasteiger partial charge on any atom is 0.159 e. The lowest BCUT2D eigenvalue weighted by Crippen LogP contribution is -2.04. The Bertz CT molecular complexity index is 855. The third-order valence-electron chi connectivity index (χ3n) is 3.49. The number of benzene rings is 2. The van der Waals surface area contributed by atoms with Gasteiger partial charge in [0.15, 0.2) is 17.5 Å². The molecule has 3 rings (SSSR count). The maximum atomic E-state index is 13.4. The van der Waals surface area contributed by atoms with Crippen LogP contribution < -0.4 is 5.73 Å². The molecule has 112 valence electrons. The fourth-order valence-corrected chi connectivity index (χ4v) is 2.26. The third kappa shape index (κ3) is 2.32. The number of nitrogens with zero attached hydrogens (tertiary/aromatic N) is 3. The number of rotatable bonds is 2. The zero-order valence-electron chi connectivity index (χ0n) is 12.1. The van der Waals surface area contributed by atoms with Gasteiger partial charge in [0, 0.05) is 5.56 Å². The Labute approximate surface area is 126 Å². The zero-order chi connectivity index (χ0) is 15.9. The van der Waals surface area contributed by atoms with Crippen molar-refractivity contribution in [2.24, 2.45) is 0 Å². The molecule has 0 aliphatic heterocycles. The van der Waals surface area contributed by atoms with E-state index in [0.717, 1.165) is 28.9 Å². The molecule has 1 heterocycles. The molecule has 2 aromatic carbocycles. The number of aromatic nitrogens is 3. The number of nitrogen functional groups attached to an aromatic ring is 1. The molecule has 0 spiro atoms. The molecule has 6 heteroatoms. The molecule has 22 heavy (non-hydrogen) atoms. The van der Waals surface area contributed by atoms with Crippen LogP contribution in [0.5, 0.6) is 0 Å². The first-order chi connectivity index (χ1) is 10.5. The summed E-state index contributed by atoms with van der Waals surface area (Å²) < 4.78 is 27.9. The van der Waals surface area contributed by atoms with E-state index in [-0.39, 0.29) is 5.82 Å².